The van der Waals surface area contributed by atoms with E-state index in [1.165, 1.54) is 5.56 Å². The van der Waals surface area contributed by atoms with Gasteiger partial charge in [-0.1, -0.05) is 15.9 Å². The number of hydrogen-bond donors (Lipinski definition) is 1. The van der Waals surface area contributed by atoms with Crippen molar-refractivity contribution in [3.8, 4) is 5.75 Å². The van der Waals surface area contributed by atoms with Gasteiger partial charge in [-0.15, -0.1) is 0 Å². The lowest BCUT2D eigenvalue weighted by molar-refractivity contribution is 0.131. The molecule has 0 aromatic heterocycles. The van der Waals surface area contributed by atoms with Gasteiger partial charge in [0.05, 0.1) is 6.61 Å². The van der Waals surface area contributed by atoms with Gasteiger partial charge in [0.25, 0.3) is 0 Å². The topological polar surface area (TPSA) is 30.5 Å². The Bertz CT molecular complexity index is 402. The number of rotatable bonds is 8. The number of nitrogens with one attached hydrogen (secondary N) is 1. The largest absolute Gasteiger partial charge is 0.493 e. The molecular weight excluding hydrogens is 318 g/mol. The molecule has 114 valence electrons. The highest BCUT2D eigenvalue weighted by atomic mass is 79.9. The number of benzene rings is 1. The maximum Gasteiger partial charge on any atom is 0.119 e. The van der Waals surface area contributed by atoms with E-state index in [1.807, 2.05) is 19.1 Å². The molecule has 0 aliphatic carbocycles. The molecular formula is C16H26BrNO2. The summed E-state index contributed by atoms with van der Waals surface area (Å²) in [6, 6.07) is 6.12. The molecule has 1 aromatic carbocycles. The Morgan fingerprint density at radius 2 is 1.95 bits per heavy atom. The maximum atomic E-state index is 5.75. The summed E-state index contributed by atoms with van der Waals surface area (Å²) in [5.74, 6) is 0.912. The minimum absolute atomic E-state index is 0.105. The molecule has 0 saturated heterocycles. The fourth-order valence-electron chi connectivity index (χ4n) is 1.63. The minimum Gasteiger partial charge on any atom is -0.493 e. The quantitative estimate of drug-likeness (QED) is 0.719. The normalized spacial score (nSPS) is 11.7. The van der Waals surface area contributed by atoms with Gasteiger partial charge in [0.15, 0.2) is 0 Å². The predicted octanol–water partition coefficient (Wildman–Crippen LogP) is 4.14. The van der Waals surface area contributed by atoms with Crippen LogP contribution in [0.5, 0.6) is 5.75 Å². The van der Waals surface area contributed by atoms with Gasteiger partial charge in [-0.2, -0.15) is 0 Å². The second-order valence-electron chi connectivity index (χ2n) is 5.76. The fourth-order valence-corrected chi connectivity index (χ4v) is 2.02. The molecule has 0 aliphatic heterocycles. The first-order valence-corrected chi connectivity index (χ1v) is 7.95. The van der Waals surface area contributed by atoms with Crippen molar-refractivity contribution in [2.45, 2.75) is 46.2 Å². The summed E-state index contributed by atoms with van der Waals surface area (Å²) >= 11 is 3.59. The molecule has 4 heteroatoms. The molecule has 0 aliphatic rings. The predicted molar refractivity (Wildman–Crippen MR) is 87.3 cm³/mol. The van der Waals surface area contributed by atoms with Crippen LogP contribution in [-0.4, -0.2) is 25.4 Å². The van der Waals surface area contributed by atoms with Crippen LogP contribution in [0.25, 0.3) is 0 Å². The van der Waals surface area contributed by atoms with E-state index in [2.05, 4.69) is 48.1 Å². The lowest BCUT2D eigenvalue weighted by Crippen LogP contribution is -2.35. The number of ether oxygens (including phenoxy) is 2. The van der Waals surface area contributed by atoms with Crippen molar-refractivity contribution in [1.82, 2.24) is 5.32 Å². The number of halogens is 1. The van der Waals surface area contributed by atoms with E-state index in [9.17, 15) is 0 Å². The summed E-state index contributed by atoms with van der Waals surface area (Å²) in [4.78, 5) is 0. The van der Waals surface area contributed by atoms with Crippen molar-refractivity contribution in [1.29, 1.82) is 0 Å². The first-order valence-electron chi connectivity index (χ1n) is 7.16. The van der Waals surface area contributed by atoms with Crippen molar-refractivity contribution < 1.29 is 9.47 Å². The molecule has 0 saturated carbocycles. The zero-order valence-corrected chi connectivity index (χ0v) is 14.5. The molecule has 0 heterocycles. The number of hydrogen-bond acceptors (Lipinski definition) is 3. The molecule has 1 N–H and O–H groups in total. The first-order chi connectivity index (χ1) is 9.42. The molecule has 0 radical (unpaired) electrons. The van der Waals surface area contributed by atoms with Crippen molar-refractivity contribution in [2.75, 3.05) is 19.8 Å². The molecule has 0 unspecified atom stereocenters. The van der Waals surface area contributed by atoms with Gasteiger partial charge in [0.2, 0.25) is 0 Å². The van der Waals surface area contributed by atoms with Crippen LogP contribution in [0.15, 0.2) is 22.7 Å². The molecule has 1 rings (SSSR count). The average Bonchev–Trinajstić information content (AvgIpc) is 2.38. The van der Waals surface area contributed by atoms with Crippen LogP contribution in [0.2, 0.25) is 0 Å². The highest BCUT2D eigenvalue weighted by Crippen LogP contribution is 2.23. The second-order valence-corrected chi connectivity index (χ2v) is 6.61. The third kappa shape index (κ3) is 7.27. The van der Waals surface area contributed by atoms with Gasteiger partial charge < -0.3 is 14.8 Å². The smallest absolute Gasteiger partial charge is 0.119 e. The third-order valence-corrected chi connectivity index (χ3v) is 3.51. The average molecular weight is 344 g/mol. The van der Waals surface area contributed by atoms with Crippen molar-refractivity contribution in [3.05, 3.63) is 28.2 Å². The zero-order valence-electron chi connectivity index (χ0n) is 13.0. The fraction of sp³-hybridized carbons (Fsp3) is 0.625. The van der Waals surface area contributed by atoms with Crippen molar-refractivity contribution in [3.63, 3.8) is 0 Å². The molecule has 0 spiro atoms. The van der Waals surface area contributed by atoms with Crippen molar-refractivity contribution in [2.24, 2.45) is 0 Å². The Labute approximate surface area is 131 Å². The standard InChI is InChI=1S/C16H26BrNO2/c1-5-19-9-6-10-20-14-7-8-15(17)13(11-14)12-18-16(2,3)4/h7-8,11,18H,5-6,9-10,12H2,1-4H3. The maximum absolute atomic E-state index is 5.75. The Kier molecular flexibility index (Phi) is 7.56. The third-order valence-electron chi connectivity index (χ3n) is 2.73. The van der Waals surface area contributed by atoms with Crippen LogP contribution >= 0.6 is 15.9 Å². The van der Waals surface area contributed by atoms with E-state index in [0.717, 1.165) is 36.4 Å². The summed E-state index contributed by atoms with van der Waals surface area (Å²) in [5, 5.41) is 3.48. The van der Waals surface area contributed by atoms with E-state index in [4.69, 9.17) is 9.47 Å². The van der Waals surface area contributed by atoms with Gasteiger partial charge in [-0.3, -0.25) is 0 Å². The van der Waals surface area contributed by atoms with Crippen LogP contribution in [-0.2, 0) is 11.3 Å². The summed E-state index contributed by atoms with van der Waals surface area (Å²) < 4.78 is 12.2. The molecule has 0 atom stereocenters. The highest BCUT2D eigenvalue weighted by molar-refractivity contribution is 9.10. The molecule has 3 nitrogen and oxygen atoms in total. The van der Waals surface area contributed by atoms with E-state index in [0.29, 0.717) is 6.61 Å². The lowest BCUT2D eigenvalue weighted by Gasteiger charge is -2.21. The highest BCUT2D eigenvalue weighted by Gasteiger charge is 2.10. The van der Waals surface area contributed by atoms with Crippen LogP contribution < -0.4 is 10.1 Å². The van der Waals surface area contributed by atoms with Crippen LogP contribution in [0.3, 0.4) is 0 Å². The Balaban J connectivity index is 2.48. The molecule has 20 heavy (non-hydrogen) atoms. The van der Waals surface area contributed by atoms with Gasteiger partial charge in [0, 0.05) is 36.2 Å². The Hall–Kier alpha value is -0.580. The lowest BCUT2D eigenvalue weighted by atomic mass is 10.1. The second kappa shape index (κ2) is 8.65. The molecule has 1 aromatic rings. The zero-order chi connectivity index (χ0) is 15.0. The summed E-state index contributed by atoms with van der Waals surface area (Å²) in [5.41, 5.74) is 1.32. The minimum atomic E-state index is 0.105. The summed E-state index contributed by atoms with van der Waals surface area (Å²) in [6.07, 6.45) is 0.916. The monoisotopic (exact) mass is 343 g/mol. The SMILES string of the molecule is CCOCCCOc1ccc(Br)c(CNC(C)(C)C)c1. The van der Waals surface area contributed by atoms with Crippen LogP contribution in [0, 0.1) is 0 Å². The van der Waals surface area contributed by atoms with E-state index < -0.39 is 0 Å². The first kappa shape index (κ1) is 17.5. The Morgan fingerprint density at radius 1 is 1.20 bits per heavy atom. The van der Waals surface area contributed by atoms with Gasteiger partial charge in [0.1, 0.15) is 5.75 Å². The van der Waals surface area contributed by atoms with Gasteiger partial charge in [-0.25, -0.2) is 0 Å². The van der Waals surface area contributed by atoms with Gasteiger partial charge >= 0.3 is 0 Å². The van der Waals surface area contributed by atoms with E-state index >= 15 is 0 Å². The van der Waals surface area contributed by atoms with E-state index in [1.54, 1.807) is 0 Å². The van der Waals surface area contributed by atoms with Crippen LogP contribution in [0.4, 0.5) is 0 Å². The van der Waals surface area contributed by atoms with Gasteiger partial charge in [-0.05, 0) is 51.5 Å². The van der Waals surface area contributed by atoms with E-state index in [-0.39, 0.29) is 5.54 Å². The summed E-state index contributed by atoms with van der Waals surface area (Å²) in [7, 11) is 0. The summed E-state index contributed by atoms with van der Waals surface area (Å²) in [6.45, 7) is 11.5. The Morgan fingerprint density at radius 3 is 2.60 bits per heavy atom. The molecule has 0 fully saturated rings. The van der Waals surface area contributed by atoms with Crippen LogP contribution in [0.1, 0.15) is 39.7 Å². The molecule has 0 amide bonds. The molecule has 0 bridgehead atoms. The van der Waals surface area contributed by atoms with Crippen molar-refractivity contribution >= 4 is 15.9 Å².